The van der Waals surface area contributed by atoms with Gasteiger partial charge in [0.25, 0.3) is 0 Å². The van der Waals surface area contributed by atoms with Crippen molar-refractivity contribution in [2.24, 2.45) is 0 Å². The van der Waals surface area contributed by atoms with Crippen LogP contribution in [0.1, 0.15) is 11.3 Å². The molecule has 0 saturated heterocycles. The van der Waals surface area contributed by atoms with E-state index in [0.717, 1.165) is 5.56 Å². The summed E-state index contributed by atoms with van der Waals surface area (Å²) < 4.78 is 0. The summed E-state index contributed by atoms with van der Waals surface area (Å²) in [4.78, 5) is 28.3. The lowest BCUT2D eigenvalue weighted by Gasteiger charge is -2.14. The first-order valence-electron chi connectivity index (χ1n) is 8.39. The molecule has 0 fully saturated rings. The van der Waals surface area contributed by atoms with Gasteiger partial charge in [0.2, 0.25) is 5.91 Å². The number of carboxylic acid groups (broad SMARTS) is 1. The average Bonchev–Trinajstić information content (AvgIpc) is 3.09. The predicted octanol–water partition coefficient (Wildman–Crippen LogP) is 4.47. The number of halogens is 2. The molecule has 3 aromatic rings. The number of rotatable bonds is 7. The van der Waals surface area contributed by atoms with Crippen LogP contribution in [-0.4, -0.2) is 28.0 Å². The van der Waals surface area contributed by atoms with Gasteiger partial charge < -0.3 is 10.4 Å². The first kappa shape index (κ1) is 20.3. The van der Waals surface area contributed by atoms with Crippen LogP contribution in [0.25, 0.3) is 10.6 Å². The Morgan fingerprint density at radius 2 is 1.75 bits per heavy atom. The zero-order chi connectivity index (χ0) is 20.1. The van der Waals surface area contributed by atoms with Gasteiger partial charge in [-0.3, -0.25) is 4.79 Å². The van der Waals surface area contributed by atoms with E-state index in [1.165, 1.54) is 11.3 Å². The van der Waals surface area contributed by atoms with Crippen LogP contribution in [0.15, 0.2) is 53.9 Å². The van der Waals surface area contributed by atoms with Crippen molar-refractivity contribution >= 4 is 46.4 Å². The second-order valence-electron chi connectivity index (χ2n) is 6.07. The summed E-state index contributed by atoms with van der Waals surface area (Å²) in [5, 5.41) is 15.3. The van der Waals surface area contributed by atoms with Crippen LogP contribution in [0.4, 0.5) is 0 Å². The molecule has 28 heavy (non-hydrogen) atoms. The van der Waals surface area contributed by atoms with Crippen LogP contribution in [0.3, 0.4) is 0 Å². The van der Waals surface area contributed by atoms with E-state index in [4.69, 9.17) is 23.2 Å². The third kappa shape index (κ3) is 5.10. The summed E-state index contributed by atoms with van der Waals surface area (Å²) in [6.07, 6.45) is 0.177. The Bertz CT molecular complexity index is 972. The number of amides is 1. The van der Waals surface area contributed by atoms with E-state index in [2.05, 4.69) is 10.3 Å². The van der Waals surface area contributed by atoms with E-state index < -0.39 is 17.9 Å². The maximum absolute atomic E-state index is 12.3. The largest absolute Gasteiger partial charge is 0.480 e. The van der Waals surface area contributed by atoms with Crippen LogP contribution >= 0.6 is 34.5 Å². The van der Waals surface area contributed by atoms with E-state index in [0.29, 0.717) is 26.3 Å². The summed E-state index contributed by atoms with van der Waals surface area (Å²) in [5.74, 6) is -1.50. The van der Waals surface area contributed by atoms with Crippen LogP contribution in [-0.2, 0) is 22.4 Å². The van der Waals surface area contributed by atoms with Crippen molar-refractivity contribution in [2.45, 2.75) is 18.9 Å². The lowest BCUT2D eigenvalue weighted by Crippen LogP contribution is -2.43. The van der Waals surface area contributed by atoms with Crippen molar-refractivity contribution in [3.63, 3.8) is 0 Å². The molecule has 0 aliphatic carbocycles. The van der Waals surface area contributed by atoms with Gasteiger partial charge in [-0.1, -0.05) is 59.6 Å². The summed E-state index contributed by atoms with van der Waals surface area (Å²) in [5.41, 5.74) is 1.98. The number of carbonyl (C=O) groups is 2. The molecule has 8 heteroatoms. The predicted molar refractivity (Wildman–Crippen MR) is 111 cm³/mol. The molecule has 1 aromatic heterocycles. The highest BCUT2D eigenvalue weighted by atomic mass is 35.5. The van der Waals surface area contributed by atoms with E-state index in [9.17, 15) is 14.7 Å². The molecule has 2 aromatic carbocycles. The highest BCUT2D eigenvalue weighted by molar-refractivity contribution is 7.13. The van der Waals surface area contributed by atoms with Crippen LogP contribution < -0.4 is 5.32 Å². The summed E-state index contributed by atoms with van der Waals surface area (Å²) >= 11 is 13.7. The number of hydrogen-bond donors (Lipinski definition) is 2. The Hall–Kier alpha value is -2.41. The Morgan fingerprint density at radius 1 is 1.07 bits per heavy atom. The number of carbonyl (C=O) groups excluding carboxylic acids is 1. The van der Waals surface area contributed by atoms with Crippen molar-refractivity contribution in [2.75, 3.05) is 0 Å². The van der Waals surface area contributed by atoms with Gasteiger partial charge in [-0.2, -0.15) is 0 Å². The highest BCUT2D eigenvalue weighted by Gasteiger charge is 2.21. The van der Waals surface area contributed by atoms with Crippen LogP contribution in [0.5, 0.6) is 0 Å². The monoisotopic (exact) mass is 434 g/mol. The van der Waals surface area contributed by atoms with Crippen LogP contribution in [0.2, 0.25) is 10.0 Å². The molecule has 144 valence electrons. The lowest BCUT2D eigenvalue weighted by molar-refractivity contribution is -0.141. The molecule has 0 bridgehead atoms. The van der Waals surface area contributed by atoms with E-state index in [1.54, 1.807) is 23.6 Å². The number of nitrogens with zero attached hydrogens (tertiary/aromatic N) is 1. The summed E-state index contributed by atoms with van der Waals surface area (Å²) in [7, 11) is 0. The molecule has 3 rings (SSSR count). The Morgan fingerprint density at radius 3 is 2.39 bits per heavy atom. The van der Waals surface area contributed by atoms with Crippen molar-refractivity contribution < 1.29 is 14.7 Å². The molecular weight excluding hydrogens is 419 g/mol. The van der Waals surface area contributed by atoms with Gasteiger partial charge in [0.1, 0.15) is 11.0 Å². The number of aliphatic carboxylic acids is 1. The van der Waals surface area contributed by atoms with Gasteiger partial charge in [0.05, 0.1) is 22.2 Å². The van der Waals surface area contributed by atoms with Gasteiger partial charge in [-0.05, 0) is 17.7 Å². The number of thiazole rings is 1. The molecule has 0 spiro atoms. The SMILES string of the molecule is O=C(Cc1csc(-c2c(Cl)cccc2Cl)n1)NC(Cc1ccccc1)C(=O)O. The number of nitrogens with one attached hydrogen (secondary N) is 1. The summed E-state index contributed by atoms with van der Waals surface area (Å²) in [6, 6.07) is 13.3. The first-order chi connectivity index (χ1) is 13.4. The minimum absolute atomic E-state index is 0.0306. The second-order valence-corrected chi connectivity index (χ2v) is 7.74. The highest BCUT2D eigenvalue weighted by Crippen LogP contribution is 2.36. The molecular formula is C20H16Cl2N2O3S. The average molecular weight is 435 g/mol. The molecule has 1 heterocycles. The van der Waals surface area contributed by atoms with E-state index in [1.807, 2.05) is 30.3 Å². The van der Waals surface area contributed by atoms with E-state index >= 15 is 0 Å². The molecule has 1 atom stereocenters. The minimum atomic E-state index is -1.08. The number of carboxylic acids is 1. The first-order valence-corrected chi connectivity index (χ1v) is 10.0. The molecule has 1 amide bonds. The Labute approximate surface area is 176 Å². The van der Waals surface area contributed by atoms with Gasteiger partial charge in [0.15, 0.2) is 0 Å². The molecule has 0 aliphatic heterocycles. The third-order valence-electron chi connectivity index (χ3n) is 3.99. The molecule has 2 N–H and O–H groups in total. The van der Waals surface area contributed by atoms with Gasteiger partial charge in [-0.25, -0.2) is 9.78 Å². The fraction of sp³-hybridized carbons (Fsp3) is 0.150. The third-order valence-corrected chi connectivity index (χ3v) is 5.52. The molecule has 5 nitrogen and oxygen atoms in total. The maximum atomic E-state index is 12.3. The van der Waals surface area contributed by atoms with Crippen molar-refractivity contribution in [3.05, 3.63) is 75.2 Å². The topological polar surface area (TPSA) is 79.3 Å². The van der Waals surface area contributed by atoms with Crippen LogP contribution in [0, 0.1) is 0 Å². The Kier molecular flexibility index (Phi) is 6.67. The quantitative estimate of drug-likeness (QED) is 0.574. The molecule has 0 radical (unpaired) electrons. The standard InChI is InChI=1S/C20H16Cl2N2O3S/c21-14-7-4-8-15(22)18(14)19-23-13(11-28-19)10-17(25)24-16(20(26)27)9-12-5-2-1-3-6-12/h1-8,11,16H,9-10H2,(H,24,25)(H,26,27). The van der Waals surface area contributed by atoms with E-state index in [-0.39, 0.29) is 12.8 Å². The number of hydrogen-bond acceptors (Lipinski definition) is 4. The molecule has 0 saturated carbocycles. The summed E-state index contributed by atoms with van der Waals surface area (Å²) in [6.45, 7) is 0. The number of benzene rings is 2. The maximum Gasteiger partial charge on any atom is 0.326 e. The van der Waals surface area contributed by atoms with Crippen molar-refractivity contribution in [1.82, 2.24) is 10.3 Å². The zero-order valence-electron chi connectivity index (χ0n) is 14.6. The lowest BCUT2D eigenvalue weighted by atomic mass is 10.1. The smallest absolute Gasteiger partial charge is 0.326 e. The Balaban J connectivity index is 1.67. The fourth-order valence-electron chi connectivity index (χ4n) is 2.66. The molecule has 1 unspecified atom stereocenters. The minimum Gasteiger partial charge on any atom is -0.480 e. The number of aromatic nitrogens is 1. The van der Waals surface area contributed by atoms with Crippen molar-refractivity contribution in [1.29, 1.82) is 0 Å². The molecule has 0 aliphatic rings. The normalized spacial score (nSPS) is 11.8. The second kappa shape index (κ2) is 9.19. The zero-order valence-corrected chi connectivity index (χ0v) is 16.9. The van der Waals surface area contributed by atoms with Gasteiger partial charge in [-0.15, -0.1) is 11.3 Å². The van der Waals surface area contributed by atoms with Gasteiger partial charge in [0, 0.05) is 17.4 Å². The fourth-order valence-corrected chi connectivity index (χ4v) is 4.24. The van der Waals surface area contributed by atoms with Gasteiger partial charge >= 0.3 is 5.97 Å². The van der Waals surface area contributed by atoms with Crippen molar-refractivity contribution in [3.8, 4) is 10.6 Å².